The van der Waals surface area contributed by atoms with Gasteiger partial charge in [0.2, 0.25) is 5.75 Å². The number of phenolic OH excluding ortho intramolecular Hbond substituents is 1. The summed E-state index contributed by atoms with van der Waals surface area (Å²) in [4.78, 5) is 26.2. The summed E-state index contributed by atoms with van der Waals surface area (Å²) in [5.74, 6) is 0.316. The molecule has 152 valence electrons. The van der Waals surface area contributed by atoms with E-state index in [9.17, 15) is 14.7 Å². The van der Waals surface area contributed by atoms with Gasteiger partial charge in [0.05, 0.1) is 30.7 Å². The quantitative estimate of drug-likeness (QED) is 0.653. The van der Waals surface area contributed by atoms with Gasteiger partial charge < -0.3 is 19.3 Å². The third kappa shape index (κ3) is 4.60. The molecule has 0 spiro atoms. The van der Waals surface area contributed by atoms with Crippen molar-refractivity contribution in [1.29, 1.82) is 0 Å². The molecule has 0 atom stereocenters. The second kappa shape index (κ2) is 9.11. The summed E-state index contributed by atoms with van der Waals surface area (Å²) < 4.78 is 15.8. The van der Waals surface area contributed by atoms with Crippen LogP contribution in [0.4, 0.5) is 4.79 Å². The molecule has 1 aliphatic rings. The highest BCUT2D eigenvalue weighted by Gasteiger charge is 2.35. The Morgan fingerprint density at radius 1 is 1.10 bits per heavy atom. The zero-order valence-corrected chi connectivity index (χ0v) is 17.2. The lowest BCUT2D eigenvalue weighted by Crippen LogP contribution is -2.32. The van der Waals surface area contributed by atoms with Gasteiger partial charge in [0.1, 0.15) is 12.4 Å². The molecule has 2 amide bonds. The first kappa shape index (κ1) is 20.9. The average molecular weight is 436 g/mol. The Bertz CT molecular complexity index is 952. The molecule has 0 radical (unpaired) electrons. The number of hydrogen-bond donors (Lipinski definition) is 1. The van der Waals surface area contributed by atoms with Crippen molar-refractivity contribution in [2.45, 2.75) is 0 Å². The fraction of sp³-hybridized carbons (Fsp3) is 0.200. The summed E-state index contributed by atoms with van der Waals surface area (Å²) >= 11 is 6.86. The normalized spacial score (nSPS) is 15.1. The van der Waals surface area contributed by atoms with Crippen molar-refractivity contribution in [3.8, 4) is 23.0 Å². The Hall–Kier alpha value is -2.84. The fourth-order valence-electron chi connectivity index (χ4n) is 2.65. The Morgan fingerprint density at radius 3 is 2.38 bits per heavy atom. The van der Waals surface area contributed by atoms with Gasteiger partial charge in [-0.1, -0.05) is 23.7 Å². The van der Waals surface area contributed by atoms with Crippen LogP contribution in [0.2, 0.25) is 5.02 Å². The zero-order chi connectivity index (χ0) is 21.0. The Kier molecular flexibility index (Phi) is 6.56. The van der Waals surface area contributed by atoms with Crippen LogP contribution in [0.25, 0.3) is 6.08 Å². The summed E-state index contributed by atoms with van der Waals surface area (Å²) in [7, 11) is 2.82. The standard InChI is InChI=1S/C20H18ClNO6S/c1-26-15-9-12(10-16(27-2)18(15)23)11-17-19(24)22(20(25)29-17)7-8-28-14-6-4-3-5-13(14)21/h3-6,9-11,23H,7-8H2,1-2H3/b17-11-. The van der Waals surface area contributed by atoms with Gasteiger partial charge in [-0.15, -0.1) is 0 Å². The molecule has 0 aliphatic carbocycles. The van der Waals surface area contributed by atoms with Crippen LogP contribution in [0.1, 0.15) is 5.56 Å². The van der Waals surface area contributed by atoms with Crippen molar-refractivity contribution in [1.82, 2.24) is 4.90 Å². The first-order chi connectivity index (χ1) is 13.9. The van der Waals surface area contributed by atoms with Crippen LogP contribution in [-0.2, 0) is 4.79 Å². The number of ether oxygens (including phenoxy) is 3. The Balaban J connectivity index is 1.72. The second-order valence-corrected chi connectivity index (χ2v) is 7.29. The average Bonchev–Trinajstić information content (AvgIpc) is 2.97. The van der Waals surface area contributed by atoms with Crippen LogP contribution in [0, 0.1) is 0 Å². The van der Waals surface area contributed by atoms with Gasteiger partial charge in [0.25, 0.3) is 11.1 Å². The fourth-order valence-corrected chi connectivity index (χ4v) is 3.71. The van der Waals surface area contributed by atoms with Crippen molar-refractivity contribution in [3.63, 3.8) is 0 Å². The number of halogens is 1. The minimum atomic E-state index is -0.422. The van der Waals surface area contributed by atoms with E-state index in [1.54, 1.807) is 42.5 Å². The largest absolute Gasteiger partial charge is 0.502 e. The highest BCUT2D eigenvalue weighted by atomic mass is 35.5. The van der Waals surface area contributed by atoms with Crippen LogP contribution in [0.5, 0.6) is 23.0 Å². The summed E-state index contributed by atoms with van der Waals surface area (Å²) in [5.41, 5.74) is 0.550. The number of imide groups is 1. The lowest BCUT2D eigenvalue weighted by molar-refractivity contribution is -0.123. The highest BCUT2D eigenvalue weighted by Crippen LogP contribution is 2.39. The molecular weight excluding hydrogens is 418 g/mol. The van der Waals surface area contributed by atoms with Crippen molar-refractivity contribution in [3.05, 3.63) is 51.9 Å². The first-order valence-corrected chi connectivity index (χ1v) is 9.71. The van der Waals surface area contributed by atoms with E-state index in [1.165, 1.54) is 14.2 Å². The van der Waals surface area contributed by atoms with Gasteiger partial charge in [0.15, 0.2) is 11.5 Å². The van der Waals surface area contributed by atoms with E-state index in [1.807, 2.05) is 0 Å². The van der Waals surface area contributed by atoms with Crippen LogP contribution in [0.3, 0.4) is 0 Å². The van der Waals surface area contributed by atoms with Gasteiger partial charge in [0, 0.05) is 0 Å². The predicted molar refractivity (Wildman–Crippen MR) is 111 cm³/mol. The SMILES string of the molecule is COc1cc(/C=C2\SC(=O)N(CCOc3ccccc3Cl)C2=O)cc(OC)c1O. The minimum absolute atomic E-state index is 0.0927. The molecule has 1 saturated heterocycles. The molecule has 7 nitrogen and oxygen atoms in total. The summed E-state index contributed by atoms with van der Waals surface area (Å²) in [6.45, 7) is 0.214. The maximum Gasteiger partial charge on any atom is 0.293 e. The summed E-state index contributed by atoms with van der Waals surface area (Å²) in [5, 5.41) is 10.1. The molecule has 9 heteroatoms. The van der Waals surface area contributed by atoms with Crippen molar-refractivity contribution in [2.24, 2.45) is 0 Å². The van der Waals surface area contributed by atoms with E-state index in [4.69, 9.17) is 25.8 Å². The molecule has 1 aliphatic heterocycles. The molecular formula is C20H18ClNO6S. The molecule has 0 bridgehead atoms. The number of amides is 2. The maximum absolute atomic E-state index is 12.6. The minimum Gasteiger partial charge on any atom is -0.502 e. The van der Waals surface area contributed by atoms with Crippen LogP contribution >= 0.6 is 23.4 Å². The van der Waals surface area contributed by atoms with E-state index >= 15 is 0 Å². The van der Waals surface area contributed by atoms with Gasteiger partial charge in [-0.3, -0.25) is 14.5 Å². The number of rotatable bonds is 7. The topological polar surface area (TPSA) is 85.3 Å². The number of nitrogens with zero attached hydrogens (tertiary/aromatic N) is 1. The summed E-state index contributed by atoms with van der Waals surface area (Å²) in [6, 6.07) is 10.1. The number of carbonyl (C=O) groups excluding carboxylic acids is 2. The molecule has 29 heavy (non-hydrogen) atoms. The molecule has 1 N–H and O–H groups in total. The second-order valence-electron chi connectivity index (χ2n) is 5.89. The smallest absolute Gasteiger partial charge is 0.293 e. The predicted octanol–water partition coefficient (Wildman–Crippen LogP) is 4.18. The molecule has 0 saturated carbocycles. The number of carbonyl (C=O) groups is 2. The van der Waals surface area contributed by atoms with E-state index in [-0.39, 0.29) is 40.5 Å². The third-order valence-electron chi connectivity index (χ3n) is 4.08. The zero-order valence-electron chi connectivity index (χ0n) is 15.7. The summed E-state index contributed by atoms with van der Waals surface area (Å²) in [6.07, 6.45) is 1.55. The molecule has 0 unspecified atom stereocenters. The van der Waals surface area contributed by atoms with Crippen LogP contribution in [-0.4, -0.2) is 48.5 Å². The molecule has 2 aromatic carbocycles. The first-order valence-electron chi connectivity index (χ1n) is 8.52. The van der Waals surface area contributed by atoms with E-state index < -0.39 is 5.91 Å². The molecule has 3 rings (SSSR count). The van der Waals surface area contributed by atoms with Gasteiger partial charge in [-0.25, -0.2) is 0 Å². The lowest BCUT2D eigenvalue weighted by atomic mass is 10.1. The number of hydrogen-bond acceptors (Lipinski definition) is 7. The van der Waals surface area contributed by atoms with E-state index in [0.29, 0.717) is 16.3 Å². The Labute approximate surface area is 176 Å². The molecule has 1 fully saturated rings. The van der Waals surface area contributed by atoms with E-state index in [2.05, 4.69) is 0 Å². The van der Waals surface area contributed by atoms with Crippen LogP contribution < -0.4 is 14.2 Å². The monoisotopic (exact) mass is 435 g/mol. The number of para-hydroxylation sites is 1. The number of methoxy groups -OCH3 is 2. The van der Waals surface area contributed by atoms with Crippen molar-refractivity contribution < 1.29 is 28.9 Å². The van der Waals surface area contributed by atoms with E-state index in [0.717, 1.165) is 16.7 Å². The lowest BCUT2D eigenvalue weighted by Gasteiger charge is -2.13. The van der Waals surface area contributed by atoms with Gasteiger partial charge in [-0.2, -0.15) is 0 Å². The molecule has 1 heterocycles. The number of thioether (sulfide) groups is 1. The molecule has 0 aromatic heterocycles. The van der Waals surface area contributed by atoms with Crippen molar-refractivity contribution in [2.75, 3.05) is 27.4 Å². The van der Waals surface area contributed by atoms with Crippen molar-refractivity contribution >= 4 is 40.6 Å². The highest BCUT2D eigenvalue weighted by molar-refractivity contribution is 8.18. The third-order valence-corrected chi connectivity index (χ3v) is 5.30. The number of phenols is 1. The number of benzene rings is 2. The van der Waals surface area contributed by atoms with Crippen LogP contribution in [0.15, 0.2) is 41.3 Å². The Morgan fingerprint density at radius 2 is 1.76 bits per heavy atom. The molecule has 2 aromatic rings. The van der Waals surface area contributed by atoms with Gasteiger partial charge >= 0.3 is 0 Å². The number of aromatic hydroxyl groups is 1. The maximum atomic E-state index is 12.6. The van der Waals surface area contributed by atoms with Gasteiger partial charge in [-0.05, 0) is 47.7 Å².